The molecule has 0 saturated carbocycles. The quantitative estimate of drug-likeness (QED) is 0.902. The van der Waals surface area contributed by atoms with E-state index in [1.54, 1.807) is 30.3 Å². The molecule has 0 aliphatic carbocycles. The summed E-state index contributed by atoms with van der Waals surface area (Å²) in [6, 6.07) is 12.3. The molecule has 1 aliphatic rings. The lowest BCUT2D eigenvalue weighted by molar-refractivity contribution is -0.122. The summed E-state index contributed by atoms with van der Waals surface area (Å²) in [5.74, 6) is 1.53. The van der Waals surface area contributed by atoms with Gasteiger partial charge in [-0.2, -0.15) is 0 Å². The predicted molar refractivity (Wildman–Crippen MR) is 87.4 cm³/mol. The molecule has 1 atom stereocenters. The van der Waals surface area contributed by atoms with Crippen molar-refractivity contribution in [2.75, 3.05) is 12.1 Å². The van der Waals surface area contributed by atoms with Crippen molar-refractivity contribution in [1.82, 2.24) is 0 Å². The smallest absolute Gasteiger partial charge is 0.265 e. The molecule has 1 N–H and O–H groups in total. The molecule has 0 spiro atoms. The van der Waals surface area contributed by atoms with Gasteiger partial charge in [0.05, 0.1) is 5.02 Å². The first kappa shape index (κ1) is 15.5. The number of halogens is 1. The maximum Gasteiger partial charge on any atom is 0.265 e. The zero-order valence-corrected chi connectivity index (χ0v) is 13.3. The third-order valence-electron chi connectivity index (χ3n) is 3.41. The monoisotopic (exact) mass is 333 g/mol. The normalized spacial score (nSPS) is 13.5. The van der Waals surface area contributed by atoms with Crippen LogP contribution < -0.4 is 19.5 Å². The van der Waals surface area contributed by atoms with Crippen LogP contribution in [0.3, 0.4) is 0 Å². The predicted octanol–water partition coefficient (Wildman–Crippen LogP) is 3.86. The number of ether oxygens (including phenoxy) is 3. The van der Waals surface area contributed by atoms with Crippen LogP contribution in [0.25, 0.3) is 0 Å². The van der Waals surface area contributed by atoms with Gasteiger partial charge in [0.1, 0.15) is 5.75 Å². The lowest BCUT2D eigenvalue weighted by atomic mass is 10.2. The van der Waals surface area contributed by atoms with Gasteiger partial charge in [-0.25, -0.2) is 0 Å². The summed E-state index contributed by atoms with van der Waals surface area (Å²) in [6.07, 6.45) is -0.123. The lowest BCUT2D eigenvalue weighted by Crippen LogP contribution is -2.32. The van der Waals surface area contributed by atoms with E-state index in [0.717, 1.165) is 0 Å². The van der Waals surface area contributed by atoms with Crippen LogP contribution in [0.2, 0.25) is 5.02 Å². The summed E-state index contributed by atoms with van der Waals surface area (Å²) in [4.78, 5) is 12.4. The maximum absolute atomic E-state index is 12.4. The standard InChI is InChI=1S/C17H16ClNO4/c1-2-13(23-14-6-4-3-5-12(14)18)17(20)19-11-7-8-15-16(9-11)22-10-21-15/h3-9,13H,2,10H2,1H3,(H,19,20)/t13-/m0/s1. The molecule has 6 heteroatoms. The first-order valence-corrected chi connectivity index (χ1v) is 7.67. The molecule has 120 valence electrons. The van der Waals surface area contributed by atoms with Gasteiger partial charge < -0.3 is 19.5 Å². The Balaban J connectivity index is 1.69. The Bertz CT molecular complexity index is 719. The van der Waals surface area contributed by atoms with Crippen LogP contribution in [-0.2, 0) is 4.79 Å². The maximum atomic E-state index is 12.4. The van der Waals surface area contributed by atoms with Gasteiger partial charge in [0.15, 0.2) is 17.6 Å². The number of amides is 1. The zero-order valence-electron chi connectivity index (χ0n) is 12.5. The molecule has 0 unspecified atom stereocenters. The summed E-state index contributed by atoms with van der Waals surface area (Å²) < 4.78 is 16.3. The number of rotatable bonds is 5. The Morgan fingerprint density at radius 1 is 1.26 bits per heavy atom. The Hall–Kier alpha value is -2.40. The largest absolute Gasteiger partial charge is 0.479 e. The molecule has 1 heterocycles. The van der Waals surface area contributed by atoms with Crippen molar-refractivity contribution in [3.8, 4) is 17.2 Å². The first-order chi connectivity index (χ1) is 11.2. The molecule has 23 heavy (non-hydrogen) atoms. The molecule has 0 bridgehead atoms. The van der Waals surface area contributed by atoms with Gasteiger partial charge in [-0.05, 0) is 30.7 Å². The third-order valence-corrected chi connectivity index (χ3v) is 3.72. The van der Waals surface area contributed by atoms with Crippen LogP contribution in [0.5, 0.6) is 17.2 Å². The van der Waals surface area contributed by atoms with Crippen molar-refractivity contribution in [1.29, 1.82) is 0 Å². The van der Waals surface area contributed by atoms with Crippen molar-refractivity contribution in [2.45, 2.75) is 19.4 Å². The van der Waals surface area contributed by atoms with Crippen LogP contribution in [-0.4, -0.2) is 18.8 Å². The van der Waals surface area contributed by atoms with E-state index in [4.69, 9.17) is 25.8 Å². The number of carbonyl (C=O) groups is 1. The van der Waals surface area contributed by atoms with Crippen LogP contribution >= 0.6 is 11.6 Å². The highest BCUT2D eigenvalue weighted by Crippen LogP contribution is 2.34. The van der Waals surface area contributed by atoms with Gasteiger partial charge in [0.25, 0.3) is 5.91 Å². The number of anilines is 1. The topological polar surface area (TPSA) is 56.8 Å². The number of benzene rings is 2. The molecule has 0 saturated heterocycles. The highest BCUT2D eigenvalue weighted by molar-refractivity contribution is 6.32. The third kappa shape index (κ3) is 3.51. The molecular formula is C17H16ClNO4. The molecule has 2 aromatic carbocycles. The summed E-state index contributed by atoms with van der Waals surface area (Å²) in [5, 5.41) is 3.29. The summed E-state index contributed by atoms with van der Waals surface area (Å²) in [6.45, 7) is 2.07. The Morgan fingerprint density at radius 2 is 2.04 bits per heavy atom. The van der Waals surface area contributed by atoms with Crippen molar-refractivity contribution >= 4 is 23.2 Å². The summed E-state index contributed by atoms with van der Waals surface area (Å²) in [5.41, 5.74) is 0.625. The molecule has 3 rings (SSSR count). The molecule has 1 aliphatic heterocycles. The van der Waals surface area contributed by atoms with Crippen LogP contribution in [0.15, 0.2) is 42.5 Å². The minimum absolute atomic E-state index is 0.194. The SMILES string of the molecule is CC[C@H](Oc1ccccc1Cl)C(=O)Nc1ccc2c(c1)OCO2. The second-order valence-corrected chi connectivity index (χ2v) is 5.41. The van der Waals surface area contributed by atoms with E-state index in [1.807, 2.05) is 19.1 Å². The van der Waals surface area contributed by atoms with Crippen molar-refractivity contribution < 1.29 is 19.0 Å². The van der Waals surface area contributed by atoms with Crippen LogP contribution in [0, 0.1) is 0 Å². The highest BCUT2D eigenvalue weighted by Gasteiger charge is 2.21. The van der Waals surface area contributed by atoms with Crippen molar-refractivity contribution in [3.63, 3.8) is 0 Å². The average molecular weight is 334 g/mol. The average Bonchev–Trinajstić information content (AvgIpc) is 3.01. The number of para-hydroxylation sites is 1. The van der Waals surface area contributed by atoms with E-state index < -0.39 is 6.10 Å². The van der Waals surface area contributed by atoms with Crippen LogP contribution in [0.1, 0.15) is 13.3 Å². The molecule has 2 aromatic rings. The number of carbonyl (C=O) groups excluding carboxylic acids is 1. The van der Waals surface area contributed by atoms with E-state index in [-0.39, 0.29) is 12.7 Å². The van der Waals surface area contributed by atoms with E-state index >= 15 is 0 Å². The molecular weight excluding hydrogens is 318 g/mol. The van der Waals surface area contributed by atoms with Gasteiger partial charge in [-0.15, -0.1) is 0 Å². The van der Waals surface area contributed by atoms with Gasteiger partial charge in [0, 0.05) is 11.8 Å². The highest BCUT2D eigenvalue weighted by atomic mass is 35.5. The van der Waals surface area contributed by atoms with Gasteiger partial charge in [-0.3, -0.25) is 4.79 Å². The van der Waals surface area contributed by atoms with Gasteiger partial charge >= 0.3 is 0 Å². The molecule has 0 radical (unpaired) electrons. The Labute approximate surface area is 139 Å². The van der Waals surface area contributed by atoms with Gasteiger partial charge in [-0.1, -0.05) is 30.7 Å². The lowest BCUT2D eigenvalue weighted by Gasteiger charge is -2.18. The van der Waals surface area contributed by atoms with Gasteiger partial charge in [0.2, 0.25) is 6.79 Å². The van der Waals surface area contributed by atoms with E-state index in [0.29, 0.717) is 34.4 Å². The fourth-order valence-corrected chi connectivity index (χ4v) is 2.39. The minimum Gasteiger partial charge on any atom is -0.479 e. The van der Waals surface area contributed by atoms with E-state index in [1.165, 1.54) is 0 Å². The summed E-state index contributed by atoms with van der Waals surface area (Å²) in [7, 11) is 0. The first-order valence-electron chi connectivity index (χ1n) is 7.29. The number of hydrogen-bond donors (Lipinski definition) is 1. The minimum atomic E-state index is -0.639. The van der Waals surface area contributed by atoms with Crippen molar-refractivity contribution in [3.05, 3.63) is 47.5 Å². The van der Waals surface area contributed by atoms with Crippen LogP contribution in [0.4, 0.5) is 5.69 Å². The second-order valence-electron chi connectivity index (χ2n) is 5.00. The second kappa shape index (κ2) is 6.79. The number of fused-ring (bicyclic) bond motifs is 1. The summed E-state index contributed by atoms with van der Waals surface area (Å²) >= 11 is 6.07. The van der Waals surface area contributed by atoms with E-state index in [9.17, 15) is 4.79 Å². The molecule has 0 aromatic heterocycles. The Morgan fingerprint density at radius 3 is 2.83 bits per heavy atom. The fourth-order valence-electron chi connectivity index (χ4n) is 2.21. The number of hydrogen-bond acceptors (Lipinski definition) is 4. The number of nitrogens with one attached hydrogen (secondary N) is 1. The zero-order chi connectivity index (χ0) is 16.2. The molecule has 5 nitrogen and oxygen atoms in total. The molecule has 0 fully saturated rings. The van der Waals surface area contributed by atoms with Crippen molar-refractivity contribution in [2.24, 2.45) is 0 Å². The fraction of sp³-hybridized carbons (Fsp3) is 0.235. The van der Waals surface area contributed by atoms with E-state index in [2.05, 4.69) is 5.32 Å². The Kier molecular flexibility index (Phi) is 4.57. The molecule has 1 amide bonds.